The van der Waals surface area contributed by atoms with Gasteiger partial charge in [0.15, 0.2) is 0 Å². The van der Waals surface area contributed by atoms with Crippen LogP contribution in [0.1, 0.15) is 11.1 Å². The molecule has 0 unspecified atom stereocenters. The van der Waals surface area contributed by atoms with Gasteiger partial charge in [-0.15, -0.1) is 0 Å². The van der Waals surface area contributed by atoms with Gasteiger partial charge in [0, 0.05) is 22.0 Å². The zero-order chi connectivity index (χ0) is 23.4. The van der Waals surface area contributed by atoms with Crippen LogP contribution in [0.15, 0.2) is 97.1 Å². The van der Waals surface area contributed by atoms with Crippen molar-refractivity contribution in [3.63, 3.8) is 0 Å². The second kappa shape index (κ2) is 7.45. The van der Waals surface area contributed by atoms with E-state index in [1.807, 2.05) is 61.5 Å². The molecule has 0 bridgehead atoms. The number of halogens is 3. The zero-order valence-corrected chi connectivity index (χ0v) is 18.3. The summed E-state index contributed by atoms with van der Waals surface area (Å²) in [6.07, 6.45) is -4.39. The fraction of sp³-hybridized carbons (Fsp3) is 0.0690. The van der Waals surface area contributed by atoms with E-state index >= 15 is 0 Å². The van der Waals surface area contributed by atoms with E-state index < -0.39 is 11.7 Å². The predicted octanol–water partition coefficient (Wildman–Crippen LogP) is 8.33. The van der Waals surface area contributed by atoms with Gasteiger partial charge in [-0.3, -0.25) is 4.57 Å². The summed E-state index contributed by atoms with van der Waals surface area (Å²) in [6.45, 7) is 2.02. The van der Waals surface area contributed by atoms with Crippen molar-refractivity contribution in [1.82, 2.24) is 9.55 Å². The van der Waals surface area contributed by atoms with Crippen LogP contribution in [0, 0.1) is 6.92 Å². The number of fused-ring (bicyclic) bond motifs is 6. The lowest BCUT2D eigenvalue weighted by Gasteiger charge is -2.13. The average molecular weight is 452 g/mol. The molecule has 0 saturated carbocycles. The van der Waals surface area contributed by atoms with Crippen molar-refractivity contribution < 1.29 is 13.2 Å². The number of hydrogen-bond acceptors (Lipinski definition) is 1. The van der Waals surface area contributed by atoms with E-state index in [1.165, 1.54) is 12.1 Å². The van der Waals surface area contributed by atoms with Crippen LogP contribution in [0.3, 0.4) is 0 Å². The van der Waals surface area contributed by atoms with Crippen LogP contribution in [-0.4, -0.2) is 9.55 Å². The molecule has 0 atom stereocenters. The highest BCUT2D eigenvalue weighted by Gasteiger charge is 2.30. The Kier molecular flexibility index (Phi) is 4.49. The van der Waals surface area contributed by atoms with Crippen molar-refractivity contribution in [3.8, 4) is 17.1 Å². The first-order valence-electron chi connectivity index (χ1n) is 11.0. The molecule has 166 valence electrons. The van der Waals surface area contributed by atoms with Gasteiger partial charge in [-0.2, -0.15) is 13.2 Å². The highest BCUT2D eigenvalue weighted by Crippen LogP contribution is 2.39. The van der Waals surface area contributed by atoms with Gasteiger partial charge in [0.1, 0.15) is 5.82 Å². The van der Waals surface area contributed by atoms with E-state index in [9.17, 15) is 13.2 Å². The van der Waals surface area contributed by atoms with E-state index in [1.54, 1.807) is 0 Å². The SMILES string of the molecule is Cc1ccc(-n2c(-c3ccc(C(F)(F)F)cc3)nc3c4ccccc4c4ccccc4c32)cc1. The van der Waals surface area contributed by atoms with Gasteiger partial charge in [0.25, 0.3) is 0 Å². The molecule has 0 amide bonds. The minimum atomic E-state index is -4.39. The third-order valence-corrected chi connectivity index (χ3v) is 6.29. The molecule has 0 spiro atoms. The molecular formula is C29H19F3N2. The summed E-state index contributed by atoms with van der Waals surface area (Å²) in [4.78, 5) is 5.03. The smallest absolute Gasteiger partial charge is 0.292 e. The van der Waals surface area contributed by atoms with Gasteiger partial charge < -0.3 is 0 Å². The van der Waals surface area contributed by atoms with Crippen molar-refractivity contribution in [3.05, 3.63) is 108 Å². The molecule has 5 aromatic carbocycles. The van der Waals surface area contributed by atoms with Crippen molar-refractivity contribution in [2.75, 3.05) is 0 Å². The van der Waals surface area contributed by atoms with Crippen LogP contribution in [0.5, 0.6) is 0 Å². The van der Waals surface area contributed by atoms with Crippen LogP contribution in [0.2, 0.25) is 0 Å². The minimum Gasteiger partial charge on any atom is -0.292 e. The summed E-state index contributed by atoms with van der Waals surface area (Å²) >= 11 is 0. The molecular weight excluding hydrogens is 433 g/mol. The van der Waals surface area contributed by atoms with E-state index in [0.717, 1.165) is 56.0 Å². The number of nitrogens with zero attached hydrogens (tertiary/aromatic N) is 2. The molecule has 5 heteroatoms. The summed E-state index contributed by atoms with van der Waals surface area (Å²) < 4.78 is 41.7. The molecule has 0 radical (unpaired) electrons. The highest BCUT2D eigenvalue weighted by molar-refractivity contribution is 6.24. The molecule has 6 aromatic rings. The number of imidazole rings is 1. The first-order valence-corrected chi connectivity index (χ1v) is 11.0. The van der Waals surface area contributed by atoms with Gasteiger partial charge >= 0.3 is 6.18 Å². The molecule has 2 nitrogen and oxygen atoms in total. The Balaban J connectivity index is 1.76. The van der Waals surface area contributed by atoms with Gasteiger partial charge in [-0.05, 0) is 42.0 Å². The zero-order valence-electron chi connectivity index (χ0n) is 18.3. The third-order valence-electron chi connectivity index (χ3n) is 6.29. The maximum atomic E-state index is 13.2. The standard InChI is InChI=1S/C29H19F3N2/c1-18-10-16-21(17-11-18)34-27-25-9-5-3-7-23(25)22-6-2-4-8-24(22)26(27)33-28(34)19-12-14-20(15-13-19)29(30,31)32/h2-17H,1H3. The largest absolute Gasteiger partial charge is 0.416 e. The number of rotatable bonds is 2. The first-order chi connectivity index (χ1) is 16.4. The average Bonchev–Trinajstić information content (AvgIpc) is 3.25. The Morgan fingerprint density at radius 1 is 0.647 bits per heavy atom. The Labute approximate surface area is 193 Å². The number of benzene rings is 5. The fourth-order valence-electron chi connectivity index (χ4n) is 4.65. The highest BCUT2D eigenvalue weighted by atomic mass is 19.4. The molecule has 0 aliphatic carbocycles. The van der Waals surface area contributed by atoms with Crippen LogP contribution < -0.4 is 0 Å². The fourth-order valence-corrected chi connectivity index (χ4v) is 4.65. The van der Waals surface area contributed by atoms with Crippen LogP contribution in [0.4, 0.5) is 13.2 Å². The number of alkyl halides is 3. The monoisotopic (exact) mass is 452 g/mol. The molecule has 0 N–H and O–H groups in total. The Hall–Kier alpha value is -4.12. The summed E-state index contributed by atoms with van der Waals surface area (Å²) in [5, 5.41) is 4.26. The third kappa shape index (κ3) is 3.16. The first kappa shape index (κ1) is 20.5. The molecule has 0 saturated heterocycles. The van der Waals surface area contributed by atoms with Gasteiger partial charge in [0.2, 0.25) is 0 Å². The van der Waals surface area contributed by atoms with Crippen LogP contribution in [-0.2, 0) is 6.18 Å². The summed E-state index contributed by atoms with van der Waals surface area (Å²) in [7, 11) is 0. The van der Waals surface area contributed by atoms with Gasteiger partial charge in [0.05, 0.1) is 16.6 Å². The van der Waals surface area contributed by atoms with Crippen molar-refractivity contribution in [1.29, 1.82) is 0 Å². The Morgan fingerprint density at radius 3 is 1.82 bits per heavy atom. The molecule has 0 aliphatic rings. The quantitative estimate of drug-likeness (QED) is 0.242. The van der Waals surface area contributed by atoms with Crippen molar-refractivity contribution in [2.45, 2.75) is 13.1 Å². The number of aromatic nitrogens is 2. The summed E-state index contributed by atoms with van der Waals surface area (Å²) in [6, 6.07) is 29.6. The van der Waals surface area contributed by atoms with E-state index in [-0.39, 0.29) is 0 Å². The van der Waals surface area contributed by atoms with Crippen LogP contribution >= 0.6 is 0 Å². The van der Waals surface area contributed by atoms with E-state index in [4.69, 9.17) is 4.98 Å². The summed E-state index contributed by atoms with van der Waals surface area (Å²) in [5.74, 6) is 0.606. The Bertz CT molecular complexity index is 1680. The normalized spacial score (nSPS) is 12.1. The number of hydrogen-bond donors (Lipinski definition) is 0. The number of aryl methyl sites for hydroxylation is 1. The lowest BCUT2D eigenvalue weighted by atomic mass is 10.00. The molecule has 1 heterocycles. The molecule has 0 fully saturated rings. The minimum absolute atomic E-state index is 0.606. The van der Waals surface area contributed by atoms with Gasteiger partial charge in [-0.25, -0.2) is 4.98 Å². The maximum Gasteiger partial charge on any atom is 0.416 e. The second-order valence-corrected chi connectivity index (χ2v) is 8.47. The van der Waals surface area contributed by atoms with Gasteiger partial charge in [-0.1, -0.05) is 78.4 Å². The molecule has 34 heavy (non-hydrogen) atoms. The van der Waals surface area contributed by atoms with Crippen molar-refractivity contribution >= 4 is 32.6 Å². The Morgan fingerprint density at radius 2 is 1.21 bits per heavy atom. The summed E-state index contributed by atoms with van der Waals surface area (Å²) in [5.41, 5.74) is 3.74. The lowest BCUT2D eigenvalue weighted by molar-refractivity contribution is -0.137. The lowest BCUT2D eigenvalue weighted by Crippen LogP contribution is -2.04. The van der Waals surface area contributed by atoms with E-state index in [2.05, 4.69) is 22.8 Å². The van der Waals surface area contributed by atoms with Crippen molar-refractivity contribution in [2.24, 2.45) is 0 Å². The molecule has 1 aromatic heterocycles. The molecule has 0 aliphatic heterocycles. The molecule has 6 rings (SSSR count). The van der Waals surface area contributed by atoms with Crippen LogP contribution in [0.25, 0.3) is 49.7 Å². The predicted molar refractivity (Wildman–Crippen MR) is 131 cm³/mol. The van der Waals surface area contributed by atoms with E-state index in [0.29, 0.717) is 11.4 Å². The topological polar surface area (TPSA) is 17.8 Å². The second-order valence-electron chi connectivity index (χ2n) is 8.47. The maximum absolute atomic E-state index is 13.2.